The van der Waals surface area contributed by atoms with E-state index < -0.39 is 21.9 Å². The number of hydrogen-bond acceptors (Lipinski definition) is 4. The van der Waals surface area contributed by atoms with E-state index in [1.807, 2.05) is 30.3 Å². The summed E-state index contributed by atoms with van der Waals surface area (Å²) in [4.78, 5) is 12.2. The molecule has 3 rings (SSSR count). The van der Waals surface area contributed by atoms with Crippen LogP contribution in [-0.2, 0) is 14.8 Å². The quantitative estimate of drug-likeness (QED) is 0.837. The van der Waals surface area contributed by atoms with Crippen molar-refractivity contribution in [3.05, 3.63) is 59.9 Å². The smallest absolute Gasteiger partial charge is 0.235 e. The maximum atomic E-state index is 14.1. The molecule has 1 atom stereocenters. The lowest BCUT2D eigenvalue weighted by Gasteiger charge is -2.19. The minimum absolute atomic E-state index is 0.00500. The zero-order chi connectivity index (χ0) is 18.7. The molecule has 1 amide bonds. The Labute approximate surface area is 151 Å². The first kappa shape index (κ1) is 18.3. The molecular formula is C18H20FN3O3S. The fourth-order valence-corrected chi connectivity index (χ4v) is 4.48. The van der Waals surface area contributed by atoms with Gasteiger partial charge in [-0.3, -0.25) is 9.10 Å². The first-order chi connectivity index (χ1) is 12.4. The molecule has 1 unspecified atom stereocenters. The molecule has 26 heavy (non-hydrogen) atoms. The molecule has 0 aromatic heterocycles. The number of sulfonamides is 1. The van der Waals surface area contributed by atoms with Gasteiger partial charge in [0.15, 0.2) is 0 Å². The summed E-state index contributed by atoms with van der Waals surface area (Å²) < 4.78 is 39.2. The fourth-order valence-electron chi connectivity index (χ4n) is 2.92. The van der Waals surface area contributed by atoms with Gasteiger partial charge in [-0.15, -0.1) is 0 Å². The van der Waals surface area contributed by atoms with Crippen LogP contribution in [-0.4, -0.2) is 26.6 Å². The van der Waals surface area contributed by atoms with Crippen LogP contribution >= 0.6 is 0 Å². The monoisotopic (exact) mass is 377 g/mol. The molecule has 2 aromatic carbocycles. The molecule has 0 bridgehead atoms. The van der Waals surface area contributed by atoms with Crippen molar-refractivity contribution < 1.29 is 17.6 Å². The number of benzene rings is 2. The lowest BCUT2D eigenvalue weighted by Crippen LogP contribution is -2.26. The lowest BCUT2D eigenvalue weighted by atomic mass is 10.0. The summed E-state index contributed by atoms with van der Waals surface area (Å²) in [7, 11) is -3.50. The number of rotatable bonds is 5. The molecule has 1 saturated heterocycles. The first-order valence-corrected chi connectivity index (χ1v) is 9.88. The Balaban J connectivity index is 1.72. The summed E-state index contributed by atoms with van der Waals surface area (Å²) in [6.45, 7) is 0.232. The van der Waals surface area contributed by atoms with Gasteiger partial charge in [0.05, 0.1) is 11.4 Å². The van der Waals surface area contributed by atoms with Gasteiger partial charge in [-0.2, -0.15) is 0 Å². The van der Waals surface area contributed by atoms with Crippen molar-refractivity contribution >= 4 is 27.3 Å². The van der Waals surface area contributed by atoms with Crippen LogP contribution in [0.4, 0.5) is 15.8 Å². The summed E-state index contributed by atoms with van der Waals surface area (Å²) >= 11 is 0. The van der Waals surface area contributed by atoms with Gasteiger partial charge in [0.1, 0.15) is 5.82 Å². The third kappa shape index (κ3) is 4.03. The highest BCUT2D eigenvalue weighted by atomic mass is 32.2. The van der Waals surface area contributed by atoms with Gasteiger partial charge >= 0.3 is 0 Å². The van der Waals surface area contributed by atoms with Gasteiger partial charge < -0.3 is 11.1 Å². The van der Waals surface area contributed by atoms with Gasteiger partial charge in [-0.1, -0.05) is 30.3 Å². The molecule has 8 heteroatoms. The van der Waals surface area contributed by atoms with Crippen LogP contribution in [0.1, 0.15) is 24.4 Å². The van der Waals surface area contributed by atoms with Gasteiger partial charge in [0, 0.05) is 24.7 Å². The number of hydrogen-bond donors (Lipinski definition) is 2. The van der Waals surface area contributed by atoms with Crippen molar-refractivity contribution in [3.63, 3.8) is 0 Å². The van der Waals surface area contributed by atoms with E-state index in [9.17, 15) is 17.6 Å². The molecule has 3 N–H and O–H groups in total. The van der Waals surface area contributed by atoms with Gasteiger partial charge in [0.25, 0.3) is 0 Å². The van der Waals surface area contributed by atoms with Crippen LogP contribution in [0, 0.1) is 5.82 Å². The molecule has 0 saturated carbocycles. The highest BCUT2D eigenvalue weighted by Gasteiger charge is 2.30. The Hall–Kier alpha value is -2.45. The number of carbonyl (C=O) groups is 1. The number of nitrogens with one attached hydrogen (secondary N) is 1. The molecule has 1 aliphatic heterocycles. The third-order valence-corrected chi connectivity index (χ3v) is 6.09. The van der Waals surface area contributed by atoms with Gasteiger partial charge in [0.2, 0.25) is 15.9 Å². The van der Waals surface area contributed by atoms with Crippen molar-refractivity contribution in [2.24, 2.45) is 5.73 Å². The van der Waals surface area contributed by atoms with E-state index >= 15 is 0 Å². The van der Waals surface area contributed by atoms with E-state index in [2.05, 4.69) is 5.32 Å². The minimum Gasteiger partial charge on any atom is -0.326 e. The van der Waals surface area contributed by atoms with E-state index in [1.165, 1.54) is 12.1 Å². The van der Waals surface area contributed by atoms with Crippen molar-refractivity contribution in [3.8, 4) is 0 Å². The molecule has 1 aliphatic rings. The van der Waals surface area contributed by atoms with Crippen molar-refractivity contribution in [2.75, 3.05) is 21.9 Å². The van der Waals surface area contributed by atoms with Crippen LogP contribution in [0.25, 0.3) is 0 Å². The predicted octanol–water partition coefficient (Wildman–Crippen LogP) is 2.39. The summed E-state index contributed by atoms with van der Waals surface area (Å²) in [5.41, 5.74) is 7.15. The van der Waals surface area contributed by atoms with E-state index in [4.69, 9.17) is 5.73 Å². The highest BCUT2D eigenvalue weighted by molar-refractivity contribution is 7.93. The van der Waals surface area contributed by atoms with E-state index in [-0.39, 0.29) is 30.3 Å². The standard InChI is InChI=1S/C18H20FN3O3S/c19-15-8-7-14(11-17(15)22-9-4-10-26(22,24)25)21-18(23)12-16(20)13-5-2-1-3-6-13/h1-3,5-8,11,16H,4,9-10,12,20H2,(H,21,23). The van der Waals surface area contributed by atoms with Crippen molar-refractivity contribution in [1.82, 2.24) is 0 Å². The number of nitrogens with zero attached hydrogens (tertiary/aromatic N) is 1. The fraction of sp³-hybridized carbons (Fsp3) is 0.278. The van der Waals surface area contributed by atoms with Crippen LogP contribution < -0.4 is 15.4 Å². The second-order valence-electron chi connectivity index (χ2n) is 6.18. The van der Waals surface area contributed by atoms with E-state index in [0.29, 0.717) is 12.1 Å². The Kier molecular flexibility index (Phi) is 5.24. The second kappa shape index (κ2) is 7.43. The summed E-state index contributed by atoms with van der Waals surface area (Å²) in [6, 6.07) is 12.6. The highest BCUT2D eigenvalue weighted by Crippen LogP contribution is 2.29. The number of anilines is 2. The first-order valence-electron chi connectivity index (χ1n) is 8.27. The Morgan fingerprint density at radius 1 is 1.23 bits per heavy atom. The summed E-state index contributed by atoms with van der Waals surface area (Å²) in [5, 5.41) is 2.65. The van der Waals surface area contributed by atoms with E-state index in [1.54, 1.807) is 0 Å². The molecule has 1 fully saturated rings. The molecule has 2 aromatic rings. The zero-order valence-electron chi connectivity index (χ0n) is 14.1. The summed E-state index contributed by atoms with van der Waals surface area (Å²) in [5.74, 6) is -0.979. The molecule has 138 valence electrons. The average Bonchev–Trinajstić information content (AvgIpc) is 2.96. The summed E-state index contributed by atoms with van der Waals surface area (Å²) in [6.07, 6.45) is 0.503. The SMILES string of the molecule is NC(CC(=O)Nc1ccc(F)c(N2CCCS2(=O)=O)c1)c1ccccc1. The maximum absolute atomic E-state index is 14.1. The molecule has 1 heterocycles. The average molecular weight is 377 g/mol. The third-order valence-electron chi connectivity index (χ3n) is 4.23. The molecule has 0 spiro atoms. The topological polar surface area (TPSA) is 92.5 Å². The van der Waals surface area contributed by atoms with E-state index in [0.717, 1.165) is 15.9 Å². The Morgan fingerprint density at radius 2 is 1.96 bits per heavy atom. The Bertz CT molecular complexity index is 903. The molecule has 6 nitrogen and oxygen atoms in total. The zero-order valence-corrected chi connectivity index (χ0v) is 14.9. The van der Waals surface area contributed by atoms with Crippen LogP contribution in [0.3, 0.4) is 0 Å². The molecular weight excluding hydrogens is 357 g/mol. The number of halogens is 1. The number of carbonyl (C=O) groups excluding carboxylic acids is 1. The van der Waals surface area contributed by atoms with Gasteiger partial charge in [-0.25, -0.2) is 12.8 Å². The van der Waals surface area contributed by atoms with Gasteiger partial charge in [-0.05, 0) is 30.2 Å². The molecule has 0 aliphatic carbocycles. The largest absolute Gasteiger partial charge is 0.326 e. The molecule has 0 radical (unpaired) electrons. The number of nitrogens with two attached hydrogens (primary N) is 1. The lowest BCUT2D eigenvalue weighted by molar-refractivity contribution is -0.116. The maximum Gasteiger partial charge on any atom is 0.235 e. The predicted molar refractivity (Wildman–Crippen MR) is 98.8 cm³/mol. The van der Waals surface area contributed by atoms with Crippen LogP contribution in [0.5, 0.6) is 0 Å². The normalized spacial score (nSPS) is 17.1. The van der Waals surface area contributed by atoms with Crippen LogP contribution in [0.15, 0.2) is 48.5 Å². The number of amides is 1. The Morgan fingerprint density at radius 3 is 2.62 bits per heavy atom. The van der Waals surface area contributed by atoms with Crippen molar-refractivity contribution in [2.45, 2.75) is 18.9 Å². The minimum atomic E-state index is -3.50. The van der Waals surface area contributed by atoms with Crippen molar-refractivity contribution in [1.29, 1.82) is 0 Å². The second-order valence-corrected chi connectivity index (χ2v) is 8.19. The van der Waals surface area contributed by atoms with Crippen LogP contribution in [0.2, 0.25) is 0 Å².